The molecule has 0 radical (unpaired) electrons. The second-order valence-electron chi connectivity index (χ2n) is 4.41. The van der Waals surface area contributed by atoms with Crippen LogP contribution >= 0.6 is 15.9 Å². The van der Waals surface area contributed by atoms with Crippen LogP contribution in [0, 0.1) is 0 Å². The van der Waals surface area contributed by atoms with Crippen molar-refractivity contribution in [2.75, 3.05) is 0 Å². The standard InChI is InChI=1S/C13H14BrNO4/c1-7-5-12(19-15-7)10-6-9(14)3-4-11(10)18-8(2)13(16)17/h3-4,6,8,12H,5H2,1-2H3,(H,16,17)/t8-,12-/m0/s1. The highest BCUT2D eigenvalue weighted by atomic mass is 79.9. The molecule has 0 unspecified atom stereocenters. The molecule has 0 amide bonds. The Hall–Kier alpha value is -1.56. The molecule has 0 aromatic heterocycles. The molecule has 2 rings (SSSR count). The van der Waals surface area contributed by atoms with Gasteiger partial charge in [-0.1, -0.05) is 21.1 Å². The molecule has 6 heteroatoms. The number of rotatable bonds is 4. The zero-order valence-electron chi connectivity index (χ0n) is 10.6. The molecule has 1 N–H and O–H groups in total. The zero-order chi connectivity index (χ0) is 14.0. The number of carboxylic acid groups (broad SMARTS) is 1. The van der Waals surface area contributed by atoms with Crippen LogP contribution in [0.2, 0.25) is 0 Å². The van der Waals surface area contributed by atoms with Crippen molar-refractivity contribution in [2.24, 2.45) is 5.16 Å². The topological polar surface area (TPSA) is 68.1 Å². The Bertz CT molecular complexity index is 529. The van der Waals surface area contributed by atoms with Crippen LogP contribution in [-0.4, -0.2) is 22.9 Å². The lowest BCUT2D eigenvalue weighted by Crippen LogP contribution is -2.23. The van der Waals surface area contributed by atoms with Gasteiger partial charge in [0.15, 0.2) is 12.2 Å². The van der Waals surface area contributed by atoms with Crippen LogP contribution in [-0.2, 0) is 9.63 Å². The summed E-state index contributed by atoms with van der Waals surface area (Å²) >= 11 is 3.39. The van der Waals surface area contributed by atoms with Gasteiger partial charge in [0.05, 0.1) is 5.71 Å². The number of carboxylic acids is 1. The van der Waals surface area contributed by atoms with E-state index in [1.165, 1.54) is 6.92 Å². The predicted molar refractivity (Wildman–Crippen MR) is 73.4 cm³/mol. The van der Waals surface area contributed by atoms with Gasteiger partial charge in [-0.25, -0.2) is 4.79 Å². The fraction of sp³-hybridized carbons (Fsp3) is 0.385. The lowest BCUT2D eigenvalue weighted by molar-refractivity contribution is -0.144. The lowest BCUT2D eigenvalue weighted by atomic mass is 10.0. The van der Waals surface area contributed by atoms with Crippen LogP contribution in [0.4, 0.5) is 0 Å². The first-order valence-corrected chi connectivity index (χ1v) is 6.65. The van der Waals surface area contributed by atoms with Crippen molar-refractivity contribution in [3.63, 3.8) is 0 Å². The fourth-order valence-corrected chi connectivity index (χ4v) is 2.16. The number of hydrogen-bond donors (Lipinski definition) is 1. The third-order valence-corrected chi connectivity index (χ3v) is 3.28. The second kappa shape index (κ2) is 5.61. The number of oxime groups is 1. The fourth-order valence-electron chi connectivity index (χ4n) is 1.78. The summed E-state index contributed by atoms with van der Waals surface area (Å²) in [5.41, 5.74) is 1.70. The first-order chi connectivity index (χ1) is 8.97. The van der Waals surface area contributed by atoms with Crippen molar-refractivity contribution < 1.29 is 19.5 Å². The third-order valence-electron chi connectivity index (χ3n) is 2.79. The number of nitrogens with zero attached hydrogens (tertiary/aromatic N) is 1. The maximum absolute atomic E-state index is 10.9. The van der Waals surface area contributed by atoms with Crippen LogP contribution in [0.3, 0.4) is 0 Å². The van der Waals surface area contributed by atoms with Gasteiger partial charge in [0.2, 0.25) is 0 Å². The van der Waals surface area contributed by atoms with E-state index in [-0.39, 0.29) is 6.10 Å². The normalized spacial score (nSPS) is 19.5. The molecule has 1 aromatic rings. The molecular formula is C13H14BrNO4. The molecule has 2 atom stereocenters. The van der Waals surface area contributed by atoms with Crippen LogP contribution in [0.15, 0.2) is 27.8 Å². The zero-order valence-corrected chi connectivity index (χ0v) is 12.2. The summed E-state index contributed by atoms with van der Waals surface area (Å²) < 4.78 is 6.34. The largest absolute Gasteiger partial charge is 0.479 e. The van der Waals surface area contributed by atoms with E-state index in [4.69, 9.17) is 14.7 Å². The minimum Gasteiger partial charge on any atom is -0.479 e. The van der Waals surface area contributed by atoms with Crippen molar-refractivity contribution >= 4 is 27.6 Å². The number of ether oxygens (including phenoxy) is 1. The Morgan fingerprint density at radius 2 is 2.37 bits per heavy atom. The van der Waals surface area contributed by atoms with Crippen molar-refractivity contribution in [1.29, 1.82) is 0 Å². The van der Waals surface area contributed by atoms with E-state index in [1.54, 1.807) is 12.1 Å². The van der Waals surface area contributed by atoms with Gasteiger partial charge in [0, 0.05) is 16.5 Å². The molecule has 1 aliphatic rings. The molecule has 102 valence electrons. The van der Waals surface area contributed by atoms with Gasteiger partial charge in [-0.15, -0.1) is 0 Å². The van der Waals surface area contributed by atoms with Crippen molar-refractivity contribution in [3.8, 4) is 5.75 Å². The Labute approximate surface area is 119 Å². The first-order valence-electron chi connectivity index (χ1n) is 5.85. The summed E-state index contributed by atoms with van der Waals surface area (Å²) in [6, 6.07) is 5.40. The quantitative estimate of drug-likeness (QED) is 0.922. The molecule has 0 saturated heterocycles. The molecule has 0 spiro atoms. The Morgan fingerprint density at radius 1 is 1.63 bits per heavy atom. The average Bonchev–Trinajstić information content (AvgIpc) is 2.77. The van der Waals surface area contributed by atoms with Crippen LogP contribution in [0.25, 0.3) is 0 Å². The third kappa shape index (κ3) is 3.26. The van der Waals surface area contributed by atoms with Crippen LogP contribution < -0.4 is 4.74 Å². The number of carbonyl (C=O) groups is 1. The summed E-state index contributed by atoms with van der Waals surface area (Å²) in [4.78, 5) is 16.2. The molecule has 0 fully saturated rings. The number of benzene rings is 1. The van der Waals surface area contributed by atoms with Gasteiger partial charge in [0.25, 0.3) is 0 Å². The smallest absolute Gasteiger partial charge is 0.344 e. The number of halogens is 1. The van der Waals surface area contributed by atoms with E-state index < -0.39 is 12.1 Å². The maximum Gasteiger partial charge on any atom is 0.344 e. The van der Waals surface area contributed by atoms with E-state index in [0.717, 1.165) is 15.7 Å². The van der Waals surface area contributed by atoms with E-state index in [0.29, 0.717) is 12.2 Å². The van der Waals surface area contributed by atoms with Gasteiger partial charge in [-0.2, -0.15) is 0 Å². The summed E-state index contributed by atoms with van der Waals surface area (Å²) in [6.07, 6.45) is -0.467. The second-order valence-corrected chi connectivity index (χ2v) is 5.32. The minimum atomic E-state index is -1.01. The molecule has 1 aromatic carbocycles. The van der Waals surface area contributed by atoms with Crippen molar-refractivity contribution in [2.45, 2.75) is 32.5 Å². The highest BCUT2D eigenvalue weighted by molar-refractivity contribution is 9.10. The van der Waals surface area contributed by atoms with Crippen LogP contribution in [0.5, 0.6) is 5.75 Å². The predicted octanol–water partition coefficient (Wildman–Crippen LogP) is 3.14. The molecule has 19 heavy (non-hydrogen) atoms. The molecule has 1 aliphatic heterocycles. The van der Waals surface area contributed by atoms with E-state index in [9.17, 15) is 4.79 Å². The maximum atomic E-state index is 10.9. The minimum absolute atomic E-state index is 0.228. The average molecular weight is 328 g/mol. The molecule has 1 heterocycles. The Kier molecular flexibility index (Phi) is 4.09. The van der Waals surface area contributed by atoms with E-state index in [2.05, 4.69) is 21.1 Å². The number of hydrogen-bond acceptors (Lipinski definition) is 4. The Morgan fingerprint density at radius 3 is 2.95 bits per heavy atom. The molecular weight excluding hydrogens is 314 g/mol. The highest BCUT2D eigenvalue weighted by Gasteiger charge is 2.25. The monoisotopic (exact) mass is 327 g/mol. The summed E-state index contributed by atoms with van der Waals surface area (Å²) in [5, 5.41) is 12.8. The molecule has 0 bridgehead atoms. The molecule has 5 nitrogen and oxygen atoms in total. The van der Waals surface area contributed by atoms with Gasteiger partial charge < -0.3 is 14.7 Å². The van der Waals surface area contributed by atoms with Gasteiger partial charge >= 0.3 is 5.97 Å². The molecule has 0 aliphatic carbocycles. The van der Waals surface area contributed by atoms with Gasteiger partial charge in [0.1, 0.15) is 5.75 Å². The van der Waals surface area contributed by atoms with E-state index in [1.807, 2.05) is 13.0 Å². The summed E-state index contributed by atoms with van der Waals surface area (Å²) in [6.45, 7) is 3.38. The van der Waals surface area contributed by atoms with Gasteiger partial charge in [-0.3, -0.25) is 0 Å². The first kappa shape index (κ1) is 13.9. The lowest BCUT2D eigenvalue weighted by Gasteiger charge is -2.17. The van der Waals surface area contributed by atoms with Crippen molar-refractivity contribution in [3.05, 3.63) is 28.2 Å². The summed E-state index contributed by atoms with van der Waals surface area (Å²) in [7, 11) is 0. The van der Waals surface area contributed by atoms with Crippen molar-refractivity contribution in [1.82, 2.24) is 0 Å². The SMILES string of the molecule is CC1=NO[C@H](c2cc(Br)ccc2O[C@@H](C)C(=O)O)C1. The summed E-state index contributed by atoms with van der Waals surface area (Å²) in [5.74, 6) is -0.498. The Balaban J connectivity index is 2.25. The molecule has 0 saturated carbocycles. The number of aliphatic carboxylic acids is 1. The van der Waals surface area contributed by atoms with E-state index >= 15 is 0 Å². The highest BCUT2D eigenvalue weighted by Crippen LogP contribution is 2.36. The van der Waals surface area contributed by atoms with Gasteiger partial charge in [-0.05, 0) is 32.0 Å². The van der Waals surface area contributed by atoms with Crippen LogP contribution in [0.1, 0.15) is 31.9 Å².